The van der Waals surface area contributed by atoms with E-state index in [1.165, 1.54) is 11.6 Å². The van der Waals surface area contributed by atoms with Crippen molar-refractivity contribution in [1.82, 2.24) is 14.6 Å². The highest BCUT2D eigenvalue weighted by molar-refractivity contribution is 6.30. The molecule has 0 amide bonds. The van der Waals surface area contributed by atoms with Crippen molar-refractivity contribution in [3.8, 4) is 5.75 Å². The molecule has 0 unspecified atom stereocenters. The van der Waals surface area contributed by atoms with E-state index in [0.29, 0.717) is 27.8 Å². The van der Waals surface area contributed by atoms with E-state index in [2.05, 4.69) is 14.8 Å². The predicted octanol–water partition coefficient (Wildman–Crippen LogP) is 2.75. The maximum atomic E-state index is 11.5. The third kappa shape index (κ3) is 3.01. The Morgan fingerprint density at radius 1 is 1.32 bits per heavy atom. The molecular weight excluding hydrogens is 306 g/mol. The normalized spacial score (nSPS) is 10.6. The minimum absolute atomic E-state index is 0.204. The van der Waals surface area contributed by atoms with Crippen LogP contribution in [0.3, 0.4) is 0 Å². The summed E-state index contributed by atoms with van der Waals surface area (Å²) in [6, 6.07) is 10.4. The highest BCUT2D eigenvalue weighted by Gasteiger charge is 2.09. The van der Waals surface area contributed by atoms with Crippen LogP contribution in [0.25, 0.3) is 5.65 Å². The summed E-state index contributed by atoms with van der Waals surface area (Å²) in [4.78, 5) is 15.8. The molecule has 2 aromatic heterocycles. The lowest BCUT2D eigenvalue weighted by Crippen LogP contribution is -2.03. The van der Waals surface area contributed by atoms with Gasteiger partial charge in [-0.2, -0.15) is 0 Å². The fourth-order valence-corrected chi connectivity index (χ4v) is 2.11. The topological polar surface area (TPSA) is 65.7 Å². The smallest absolute Gasteiger partial charge is 0.339 e. The Labute approximate surface area is 131 Å². The minimum Gasteiger partial charge on any atom is -0.485 e. The van der Waals surface area contributed by atoms with Gasteiger partial charge >= 0.3 is 5.97 Å². The van der Waals surface area contributed by atoms with Gasteiger partial charge in [-0.25, -0.2) is 14.3 Å². The number of fused-ring (bicyclic) bond motifs is 1. The molecule has 7 heteroatoms. The summed E-state index contributed by atoms with van der Waals surface area (Å²) in [5, 5.41) is 4.87. The zero-order valence-electron chi connectivity index (χ0n) is 11.7. The van der Waals surface area contributed by atoms with E-state index in [-0.39, 0.29) is 6.61 Å². The number of halogens is 1. The highest BCUT2D eigenvalue weighted by Crippen LogP contribution is 2.18. The summed E-state index contributed by atoms with van der Waals surface area (Å²) in [7, 11) is 1.33. The number of esters is 1. The Balaban J connectivity index is 1.78. The third-order valence-electron chi connectivity index (χ3n) is 2.96. The van der Waals surface area contributed by atoms with Gasteiger partial charge in [-0.05, 0) is 30.3 Å². The maximum Gasteiger partial charge on any atom is 0.339 e. The fourth-order valence-electron chi connectivity index (χ4n) is 1.93. The van der Waals surface area contributed by atoms with Gasteiger partial charge in [0.1, 0.15) is 12.4 Å². The Bertz CT molecular complexity index is 832. The van der Waals surface area contributed by atoms with Crippen LogP contribution in [-0.2, 0) is 11.3 Å². The van der Waals surface area contributed by atoms with Gasteiger partial charge in [0.05, 0.1) is 12.7 Å². The summed E-state index contributed by atoms with van der Waals surface area (Å²) in [5.74, 6) is 0.720. The van der Waals surface area contributed by atoms with Gasteiger partial charge in [0.25, 0.3) is 0 Å². The first kappa shape index (κ1) is 14.3. The van der Waals surface area contributed by atoms with E-state index in [0.717, 1.165) is 0 Å². The first-order valence-electron chi connectivity index (χ1n) is 6.48. The molecule has 0 saturated heterocycles. The lowest BCUT2D eigenvalue weighted by Gasteiger charge is -2.02. The van der Waals surface area contributed by atoms with Gasteiger partial charge in [0, 0.05) is 11.2 Å². The van der Waals surface area contributed by atoms with E-state index < -0.39 is 5.97 Å². The van der Waals surface area contributed by atoms with E-state index in [1.807, 2.05) is 0 Å². The van der Waals surface area contributed by atoms with Crippen molar-refractivity contribution in [2.45, 2.75) is 6.61 Å². The molecule has 0 aliphatic heterocycles. The van der Waals surface area contributed by atoms with Crippen LogP contribution >= 0.6 is 11.6 Å². The number of carbonyl (C=O) groups is 1. The van der Waals surface area contributed by atoms with Crippen LogP contribution in [-0.4, -0.2) is 27.7 Å². The molecule has 0 saturated carbocycles. The van der Waals surface area contributed by atoms with Gasteiger partial charge in [0.15, 0.2) is 11.5 Å². The number of pyridine rings is 1. The molecule has 0 bridgehead atoms. The Morgan fingerprint density at radius 2 is 2.18 bits per heavy atom. The number of hydrogen-bond donors (Lipinski definition) is 0. The molecule has 112 valence electrons. The average Bonchev–Trinajstić information content (AvgIpc) is 2.94. The first-order valence-corrected chi connectivity index (χ1v) is 6.85. The number of ether oxygens (including phenoxy) is 2. The summed E-state index contributed by atoms with van der Waals surface area (Å²) in [6.45, 7) is 0.204. The van der Waals surface area contributed by atoms with Crippen LogP contribution < -0.4 is 4.74 Å². The molecule has 22 heavy (non-hydrogen) atoms. The van der Waals surface area contributed by atoms with Crippen molar-refractivity contribution in [3.05, 3.63) is 59.0 Å². The van der Waals surface area contributed by atoms with Crippen molar-refractivity contribution in [1.29, 1.82) is 0 Å². The SMILES string of the molecule is COC(=O)c1ccc2nc(COc3cccc(Cl)c3)nn2c1. The molecule has 0 atom stereocenters. The fraction of sp³-hybridized carbons (Fsp3) is 0.133. The summed E-state index contributed by atoms with van der Waals surface area (Å²) >= 11 is 5.89. The Morgan fingerprint density at radius 3 is 2.95 bits per heavy atom. The zero-order valence-corrected chi connectivity index (χ0v) is 12.4. The number of benzene rings is 1. The molecule has 0 spiro atoms. The molecule has 3 aromatic rings. The molecule has 1 aromatic carbocycles. The van der Waals surface area contributed by atoms with Gasteiger partial charge in [-0.3, -0.25) is 0 Å². The monoisotopic (exact) mass is 317 g/mol. The zero-order chi connectivity index (χ0) is 15.5. The summed E-state index contributed by atoms with van der Waals surface area (Å²) in [5.41, 5.74) is 1.03. The second kappa shape index (κ2) is 6.03. The largest absolute Gasteiger partial charge is 0.485 e. The number of rotatable bonds is 4. The van der Waals surface area contributed by atoms with Crippen LogP contribution in [0.2, 0.25) is 5.02 Å². The van der Waals surface area contributed by atoms with Gasteiger partial charge in [0.2, 0.25) is 0 Å². The van der Waals surface area contributed by atoms with Crippen LogP contribution in [0.1, 0.15) is 16.2 Å². The Hall–Kier alpha value is -2.60. The second-order valence-corrected chi connectivity index (χ2v) is 4.92. The highest BCUT2D eigenvalue weighted by atomic mass is 35.5. The summed E-state index contributed by atoms with van der Waals surface area (Å²) < 4.78 is 11.8. The van der Waals surface area contributed by atoms with Crippen LogP contribution in [0.15, 0.2) is 42.6 Å². The maximum absolute atomic E-state index is 11.5. The lowest BCUT2D eigenvalue weighted by atomic mass is 10.3. The van der Waals surface area contributed by atoms with Crippen LogP contribution in [0.5, 0.6) is 5.75 Å². The lowest BCUT2D eigenvalue weighted by molar-refractivity contribution is 0.0600. The molecule has 3 rings (SSSR count). The van der Waals surface area contributed by atoms with Crippen molar-refractivity contribution >= 4 is 23.2 Å². The van der Waals surface area contributed by atoms with E-state index >= 15 is 0 Å². The number of aromatic nitrogens is 3. The van der Waals surface area contributed by atoms with E-state index in [1.54, 1.807) is 42.6 Å². The first-order chi connectivity index (χ1) is 10.7. The van der Waals surface area contributed by atoms with Crippen molar-refractivity contribution in [2.75, 3.05) is 7.11 Å². The number of methoxy groups -OCH3 is 1. The van der Waals surface area contributed by atoms with Gasteiger partial charge in [-0.1, -0.05) is 17.7 Å². The number of hydrogen-bond acceptors (Lipinski definition) is 5. The molecule has 0 radical (unpaired) electrons. The molecule has 0 fully saturated rings. The summed E-state index contributed by atoms with van der Waals surface area (Å²) in [6.07, 6.45) is 1.57. The van der Waals surface area contributed by atoms with E-state index in [9.17, 15) is 4.79 Å². The Kier molecular flexibility index (Phi) is 3.93. The molecule has 6 nitrogen and oxygen atoms in total. The van der Waals surface area contributed by atoms with Gasteiger partial charge in [-0.15, -0.1) is 5.10 Å². The van der Waals surface area contributed by atoms with E-state index in [4.69, 9.17) is 16.3 Å². The molecule has 0 aliphatic carbocycles. The van der Waals surface area contributed by atoms with Crippen molar-refractivity contribution in [2.24, 2.45) is 0 Å². The second-order valence-electron chi connectivity index (χ2n) is 4.49. The van der Waals surface area contributed by atoms with Crippen molar-refractivity contribution < 1.29 is 14.3 Å². The molecular formula is C15H12ClN3O3. The molecule has 2 heterocycles. The molecule has 0 aliphatic rings. The average molecular weight is 318 g/mol. The van der Waals surface area contributed by atoms with Crippen LogP contribution in [0, 0.1) is 0 Å². The number of carbonyl (C=O) groups excluding carboxylic acids is 1. The quantitative estimate of drug-likeness (QED) is 0.692. The molecule has 0 N–H and O–H groups in total. The van der Waals surface area contributed by atoms with Gasteiger partial charge < -0.3 is 9.47 Å². The van der Waals surface area contributed by atoms with Crippen LogP contribution in [0.4, 0.5) is 0 Å². The third-order valence-corrected chi connectivity index (χ3v) is 3.20. The predicted molar refractivity (Wildman–Crippen MR) is 80.1 cm³/mol. The van der Waals surface area contributed by atoms with Crippen molar-refractivity contribution in [3.63, 3.8) is 0 Å². The minimum atomic E-state index is -0.422. The number of nitrogens with zero attached hydrogens (tertiary/aromatic N) is 3. The standard InChI is InChI=1S/C15H12ClN3O3/c1-21-15(20)10-5-6-14-17-13(18-19(14)8-10)9-22-12-4-2-3-11(16)7-12/h2-8H,9H2,1H3.